The zero-order valence-corrected chi connectivity index (χ0v) is 10.4. The fraction of sp³-hybridized carbons (Fsp3) is 0.125. The molecule has 2 rings (SSSR count). The largest absolute Gasteiger partial charge is 0.443 e. The van der Waals surface area contributed by atoms with Crippen LogP contribution in [0.2, 0.25) is 0 Å². The minimum absolute atomic E-state index is 0.715. The van der Waals surface area contributed by atoms with E-state index in [0.29, 0.717) is 5.33 Å². The van der Waals surface area contributed by atoms with Crippen LogP contribution in [-0.2, 0) is 5.33 Å². The smallest absolute Gasteiger partial charge is 0.181 e. The predicted molar refractivity (Wildman–Crippen MR) is 60.1 cm³/mol. The topological polar surface area (TPSA) is 26.0 Å². The van der Waals surface area contributed by atoms with Crippen LogP contribution >= 0.6 is 43.2 Å². The van der Waals surface area contributed by atoms with Gasteiger partial charge in [0.2, 0.25) is 0 Å². The van der Waals surface area contributed by atoms with Gasteiger partial charge in [-0.2, -0.15) is 0 Å². The summed E-state index contributed by atoms with van der Waals surface area (Å²) in [5.41, 5.74) is 2.01. The molecule has 68 valence electrons. The molecule has 2 nitrogen and oxygen atoms in total. The lowest BCUT2D eigenvalue weighted by atomic mass is 10.2. The van der Waals surface area contributed by atoms with Gasteiger partial charge in [-0.05, 0) is 22.0 Å². The highest BCUT2D eigenvalue weighted by atomic mass is 79.9. The Hall–Kier alpha value is -0.130. The molecule has 0 aliphatic rings. The number of nitrogens with zero attached hydrogens (tertiary/aromatic N) is 1. The van der Waals surface area contributed by atoms with Crippen LogP contribution in [0, 0.1) is 0 Å². The molecule has 0 aliphatic carbocycles. The van der Waals surface area contributed by atoms with Crippen molar-refractivity contribution in [1.82, 2.24) is 4.98 Å². The number of halogens is 2. The van der Waals surface area contributed by atoms with E-state index in [-0.39, 0.29) is 0 Å². The summed E-state index contributed by atoms with van der Waals surface area (Å²) in [7, 11) is 0. The standard InChI is InChI=1S/C8H5Br2NOS/c9-2-6-8(12-4-11-6)5-1-7(10)13-3-5/h1,3-4H,2H2. The van der Waals surface area contributed by atoms with E-state index in [9.17, 15) is 0 Å². The Morgan fingerprint density at radius 2 is 2.38 bits per heavy atom. The fourth-order valence-electron chi connectivity index (χ4n) is 1.03. The van der Waals surface area contributed by atoms with Gasteiger partial charge in [-0.1, -0.05) is 15.9 Å². The van der Waals surface area contributed by atoms with Gasteiger partial charge in [-0.25, -0.2) is 4.98 Å². The van der Waals surface area contributed by atoms with Gasteiger partial charge in [0, 0.05) is 16.3 Å². The molecule has 2 heterocycles. The minimum atomic E-state index is 0.715. The van der Waals surface area contributed by atoms with E-state index in [1.54, 1.807) is 11.3 Å². The number of hydrogen-bond donors (Lipinski definition) is 0. The van der Waals surface area contributed by atoms with Crippen molar-refractivity contribution < 1.29 is 4.42 Å². The van der Waals surface area contributed by atoms with Crippen LogP contribution in [-0.4, -0.2) is 4.98 Å². The highest BCUT2D eigenvalue weighted by Crippen LogP contribution is 2.31. The molecule has 0 aromatic carbocycles. The molecule has 2 aromatic heterocycles. The molecular formula is C8H5Br2NOS. The number of rotatable bonds is 2. The fourth-order valence-corrected chi connectivity index (χ4v) is 2.56. The van der Waals surface area contributed by atoms with Crippen molar-refractivity contribution in [2.45, 2.75) is 5.33 Å². The summed E-state index contributed by atoms with van der Waals surface area (Å²) < 4.78 is 6.40. The van der Waals surface area contributed by atoms with Gasteiger partial charge in [0.1, 0.15) is 0 Å². The lowest BCUT2D eigenvalue weighted by molar-refractivity contribution is 0.571. The molecular weight excluding hydrogens is 318 g/mol. The Kier molecular flexibility index (Phi) is 2.86. The van der Waals surface area contributed by atoms with Gasteiger partial charge in [-0.3, -0.25) is 0 Å². The molecule has 0 fully saturated rings. The SMILES string of the molecule is BrCc1ncoc1-c1csc(Br)c1. The number of alkyl halides is 1. The minimum Gasteiger partial charge on any atom is -0.443 e. The monoisotopic (exact) mass is 321 g/mol. The maximum absolute atomic E-state index is 5.30. The Morgan fingerprint density at radius 3 is 3.00 bits per heavy atom. The Balaban J connectivity index is 2.45. The molecule has 0 aliphatic heterocycles. The molecule has 0 saturated carbocycles. The third-order valence-corrected chi connectivity index (χ3v) is 3.63. The van der Waals surface area contributed by atoms with Crippen LogP contribution in [0.3, 0.4) is 0 Å². The average Bonchev–Trinajstić information content (AvgIpc) is 2.71. The molecule has 0 radical (unpaired) electrons. The molecule has 2 aromatic rings. The van der Waals surface area contributed by atoms with Crippen LogP contribution in [0.25, 0.3) is 11.3 Å². The number of hydrogen-bond acceptors (Lipinski definition) is 3. The summed E-state index contributed by atoms with van der Waals surface area (Å²) in [5, 5.41) is 2.75. The number of thiophene rings is 1. The van der Waals surface area contributed by atoms with Crippen molar-refractivity contribution in [1.29, 1.82) is 0 Å². The second kappa shape index (κ2) is 3.94. The molecule has 0 bridgehead atoms. The number of oxazole rings is 1. The second-order valence-electron chi connectivity index (χ2n) is 2.40. The second-order valence-corrected chi connectivity index (χ2v) is 5.25. The van der Waals surface area contributed by atoms with E-state index in [4.69, 9.17) is 4.42 Å². The van der Waals surface area contributed by atoms with E-state index in [2.05, 4.69) is 36.8 Å². The first kappa shape index (κ1) is 9.43. The van der Waals surface area contributed by atoms with Crippen LogP contribution < -0.4 is 0 Å². The van der Waals surface area contributed by atoms with Gasteiger partial charge in [0.25, 0.3) is 0 Å². The molecule has 0 unspecified atom stereocenters. The van der Waals surface area contributed by atoms with Crippen molar-refractivity contribution in [3.05, 3.63) is 27.3 Å². The summed E-state index contributed by atoms with van der Waals surface area (Å²) >= 11 is 8.41. The molecule has 0 spiro atoms. The van der Waals surface area contributed by atoms with Crippen molar-refractivity contribution >= 4 is 43.2 Å². The maximum atomic E-state index is 5.30. The highest BCUT2D eigenvalue weighted by Gasteiger charge is 2.10. The first-order chi connectivity index (χ1) is 6.31. The molecule has 0 N–H and O–H groups in total. The number of aromatic nitrogens is 1. The summed E-state index contributed by atoms with van der Waals surface area (Å²) in [6.45, 7) is 0. The van der Waals surface area contributed by atoms with Crippen LogP contribution in [0.1, 0.15) is 5.69 Å². The summed E-state index contributed by atoms with van der Waals surface area (Å²) in [6.07, 6.45) is 1.47. The zero-order chi connectivity index (χ0) is 9.26. The van der Waals surface area contributed by atoms with Gasteiger partial charge in [-0.15, -0.1) is 11.3 Å². The average molecular weight is 323 g/mol. The predicted octanol–water partition coefficient (Wildman–Crippen LogP) is 4.06. The zero-order valence-electron chi connectivity index (χ0n) is 6.46. The maximum Gasteiger partial charge on any atom is 0.181 e. The lowest BCUT2D eigenvalue weighted by Gasteiger charge is -1.92. The molecule has 13 heavy (non-hydrogen) atoms. The molecule has 0 atom stereocenters. The van der Waals surface area contributed by atoms with Crippen LogP contribution in [0.5, 0.6) is 0 Å². The quantitative estimate of drug-likeness (QED) is 0.779. The first-order valence-electron chi connectivity index (χ1n) is 3.54. The van der Waals surface area contributed by atoms with Gasteiger partial charge in [0.05, 0.1) is 9.48 Å². The van der Waals surface area contributed by atoms with Gasteiger partial charge in [0.15, 0.2) is 12.2 Å². The van der Waals surface area contributed by atoms with Crippen molar-refractivity contribution in [3.8, 4) is 11.3 Å². The van der Waals surface area contributed by atoms with E-state index in [1.165, 1.54) is 6.39 Å². The third kappa shape index (κ3) is 1.87. The lowest BCUT2D eigenvalue weighted by Crippen LogP contribution is -1.79. The van der Waals surface area contributed by atoms with E-state index in [1.807, 2.05) is 11.4 Å². The van der Waals surface area contributed by atoms with E-state index in [0.717, 1.165) is 20.8 Å². The Labute approximate surface area is 96.2 Å². The van der Waals surface area contributed by atoms with Crippen molar-refractivity contribution in [2.24, 2.45) is 0 Å². The first-order valence-corrected chi connectivity index (χ1v) is 6.33. The van der Waals surface area contributed by atoms with Gasteiger partial charge < -0.3 is 4.42 Å². The van der Waals surface area contributed by atoms with Crippen LogP contribution in [0.4, 0.5) is 0 Å². The van der Waals surface area contributed by atoms with Gasteiger partial charge >= 0.3 is 0 Å². The molecule has 0 saturated heterocycles. The highest BCUT2D eigenvalue weighted by molar-refractivity contribution is 9.11. The van der Waals surface area contributed by atoms with Crippen molar-refractivity contribution in [3.63, 3.8) is 0 Å². The van der Waals surface area contributed by atoms with E-state index < -0.39 is 0 Å². The Morgan fingerprint density at radius 1 is 1.54 bits per heavy atom. The summed E-state index contributed by atoms with van der Waals surface area (Å²) in [5.74, 6) is 0.846. The Bertz CT molecular complexity index is 410. The van der Waals surface area contributed by atoms with Crippen LogP contribution in [0.15, 0.2) is 26.0 Å². The molecule has 5 heteroatoms. The van der Waals surface area contributed by atoms with Crippen molar-refractivity contribution in [2.75, 3.05) is 0 Å². The van der Waals surface area contributed by atoms with E-state index >= 15 is 0 Å². The normalized spacial score (nSPS) is 10.6. The summed E-state index contributed by atoms with van der Waals surface area (Å²) in [4.78, 5) is 4.10. The molecule has 0 amide bonds. The third-order valence-electron chi connectivity index (χ3n) is 1.60. The summed E-state index contributed by atoms with van der Waals surface area (Å²) in [6, 6.07) is 2.03.